The molecule has 29 heteroatoms. The summed E-state index contributed by atoms with van der Waals surface area (Å²) in [6.45, 7) is 14.3. The molecular formula is C34H18Cl4F10N12OS2. The molecule has 2 N–H and O–H groups in total. The van der Waals surface area contributed by atoms with Gasteiger partial charge in [-0.15, -0.1) is 9.36 Å². The summed E-state index contributed by atoms with van der Waals surface area (Å²) < 4.78 is 145. The number of anilines is 2. The van der Waals surface area contributed by atoms with Crippen LogP contribution in [0, 0.1) is 13.1 Å². The van der Waals surface area contributed by atoms with Gasteiger partial charge in [0.1, 0.15) is 22.3 Å². The lowest BCUT2D eigenvalue weighted by Gasteiger charge is -2.14. The Balaban J connectivity index is 0.000000239. The largest absolute Gasteiger partial charge is 0.474 e. The van der Waals surface area contributed by atoms with Gasteiger partial charge < -0.3 is 20.3 Å². The van der Waals surface area contributed by atoms with Crippen molar-refractivity contribution >= 4 is 92.2 Å². The fourth-order valence-corrected chi connectivity index (χ4v) is 7.83. The van der Waals surface area contributed by atoms with Gasteiger partial charge in [-0.1, -0.05) is 71.3 Å². The van der Waals surface area contributed by atoms with E-state index in [1.807, 2.05) is 0 Å². The first-order valence-electron chi connectivity index (χ1n) is 16.4. The van der Waals surface area contributed by atoms with Crippen molar-refractivity contribution in [1.29, 1.82) is 0 Å². The van der Waals surface area contributed by atoms with Crippen LogP contribution in [0.2, 0.25) is 20.1 Å². The van der Waals surface area contributed by atoms with Crippen molar-refractivity contribution in [3.05, 3.63) is 127 Å². The monoisotopic (exact) mass is 1000 g/mol. The summed E-state index contributed by atoms with van der Waals surface area (Å²) in [5, 5.41) is 11.3. The summed E-state index contributed by atoms with van der Waals surface area (Å²) >= 11 is 24.8. The van der Waals surface area contributed by atoms with Gasteiger partial charge in [0, 0.05) is 24.8 Å². The first-order valence-corrected chi connectivity index (χ1v) is 20.0. The first kappa shape index (κ1) is 48.6. The van der Waals surface area contributed by atoms with E-state index >= 15 is 0 Å². The third-order valence-electron chi connectivity index (χ3n) is 7.67. The lowest BCUT2D eigenvalue weighted by Crippen LogP contribution is -2.18. The third-order valence-corrected chi connectivity index (χ3v) is 10.8. The number of alkyl halides is 10. The summed E-state index contributed by atoms with van der Waals surface area (Å²) in [5.74, 6) is -1.56. The predicted octanol–water partition coefficient (Wildman–Crippen LogP) is 11.9. The third kappa shape index (κ3) is 11.4. The molecule has 0 radical (unpaired) electrons. The SMILES string of the molecule is [C-]#[N+]c1nn(-c2c(Cl)cc(C(F)(F)F)cc2Cl)c(NCc2cnccn2)c1S(=O)C(F)(F)F.[C-]#[N+]c1nn(-c2c(Cl)cc(C(F)(F)F)cc2Cl)c(NCc2cnccn2)c1SCF. The van der Waals surface area contributed by atoms with Crippen LogP contribution in [0.15, 0.2) is 71.2 Å². The minimum Gasteiger partial charge on any atom is -0.363 e. The summed E-state index contributed by atoms with van der Waals surface area (Å²) in [6.07, 6.45) is -1.09. The Kier molecular flexibility index (Phi) is 15.4. The van der Waals surface area contributed by atoms with E-state index in [0.29, 0.717) is 46.4 Å². The van der Waals surface area contributed by atoms with Crippen LogP contribution in [0.5, 0.6) is 0 Å². The summed E-state index contributed by atoms with van der Waals surface area (Å²) in [7, 11) is -3.73. The van der Waals surface area contributed by atoms with E-state index < -0.39 is 78.1 Å². The van der Waals surface area contributed by atoms with E-state index in [0.717, 1.165) is 4.68 Å². The number of halogens is 14. The van der Waals surface area contributed by atoms with Crippen molar-refractivity contribution in [2.45, 2.75) is 40.7 Å². The van der Waals surface area contributed by atoms with Crippen molar-refractivity contribution in [2.24, 2.45) is 0 Å². The molecule has 63 heavy (non-hydrogen) atoms. The van der Waals surface area contributed by atoms with Crippen molar-refractivity contribution in [3.8, 4) is 11.4 Å². The van der Waals surface area contributed by atoms with Gasteiger partial charge >= 0.3 is 29.5 Å². The highest BCUT2D eigenvalue weighted by molar-refractivity contribution is 7.99. The molecule has 0 saturated heterocycles. The molecule has 2 aromatic carbocycles. The quantitative estimate of drug-likeness (QED) is 0.0733. The minimum absolute atomic E-state index is 0.0800. The van der Waals surface area contributed by atoms with Crippen LogP contribution in [-0.2, 0) is 36.2 Å². The van der Waals surface area contributed by atoms with Crippen molar-refractivity contribution in [2.75, 3.05) is 16.6 Å². The number of thioether (sulfide) groups is 1. The molecule has 0 fully saturated rings. The maximum absolute atomic E-state index is 13.3. The number of aromatic nitrogens is 8. The molecule has 6 rings (SSSR count). The molecule has 0 bridgehead atoms. The Bertz CT molecular complexity index is 2680. The zero-order valence-corrected chi connectivity index (χ0v) is 35.0. The molecule has 0 amide bonds. The van der Waals surface area contributed by atoms with E-state index in [9.17, 15) is 48.1 Å². The van der Waals surface area contributed by atoms with Gasteiger partial charge in [0.15, 0.2) is 22.4 Å². The number of hydrogen-bond acceptors (Lipinski definition) is 10. The van der Waals surface area contributed by atoms with Gasteiger partial charge in [-0.25, -0.2) is 8.60 Å². The topological polar surface area (TPSA) is 137 Å². The number of nitrogens with zero attached hydrogens (tertiary/aromatic N) is 10. The van der Waals surface area contributed by atoms with Crippen LogP contribution >= 0.6 is 58.2 Å². The van der Waals surface area contributed by atoms with Gasteiger partial charge in [-0.05, 0) is 34.5 Å². The fraction of sp³-hybridized carbons (Fsp3) is 0.176. The summed E-state index contributed by atoms with van der Waals surface area (Å²) in [6, 6.07) is 1.54. The Labute approximate surface area is 373 Å². The van der Waals surface area contributed by atoms with E-state index in [1.54, 1.807) is 0 Å². The normalized spacial score (nSPS) is 12.2. The second-order valence-electron chi connectivity index (χ2n) is 11.7. The highest BCUT2D eigenvalue weighted by Gasteiger charge is 2.44. The van der Waals surface area contributed by atoms with E-state index in [-0.39, 0.29) is 51.0 Å². The van der Waals surface area contributed by atoms with Crippen LogP contribution in [0.3, 0.4) is 0 Å². The average Bonchev–Trinajstić information content (AvgIpc) is 3.75. The first-order chi connectivity index (χ1) is 29.6. The van der Waals surface area contributed by atoms with Crippen LogP contribution in [0.4, 0.5) is 67.2 Å². The van der Waals surface area contributed by atoms with Crippen LogP contribution < -0.4 is 10.6 Å². The molecule has 0 spiro atoms. The zero-order valence-electron chi connectivity index (χ0n) is 30.4. The molecule has 4 heterocycles. The standard InChI is InChI=1S/C17H8Cl2F6N6OS.C17H10Cl2F4N6S/c1-26-14-13(33(32)17(23,24)25)15(29-7-9-6-27-2-3-28-9)31(30-14)12-10(18)4-8(5-11(12)19)16(20,21)22;1-24-15-14(30-8-20)16(27-7-10-6-25-2-3-26-10)29(28-15)13-11(18)4-9(5-12(13)19)17(21,22)23/h2-6,29H,7H2;2-6,27H,7-8H2. The Morgan fingerprint density at radius 1 is 0.667 bits per heavy atom. The van der Waals surface area contributed by atoms with E-state index in [4.69, 9.17) is 59.5 Å². The molecule has 0 aliphatic heterocycles. The minimum atomic E-state index is -5.27. The second-order valence-corrected chi connectivity index (χ2v) is 15.6. The highest BCUT2D eigenvalue weighted by atomic mass is 35.5. The molecule has 4 aromatic heterocycles. The van der Waals surface area contributed by atoms with Gasteiger partial charge in [0.2, 0.25) is 0 Å². The van der Waals surface area contributed by atoms with Gasteiger partial charge in [0.05, 0.1) is 73.0 Å². The Hall–Kier alpha value is -5.44. The lowest BCUT2D eigenvalue weighted by atomic mass is 10.2. The van der Waals surface area contributed by atoms with Crippen molar-refractivity contribution in [3.63, 3.8) is 0 Å². The lowest BCUT2D eigenvalue weighted by molar-refractivity contribution is -0.138. The van der Waals surface area contributed by atoms with Crippen molar-refractivity contribution < 1.29 is 48.1 Å². The van der Waals surface area contributed by atoms with E-state index in [1.165, 1.54) is 37.2 Å². The molecule has 330 valence electrons. The summed E-state index contributed by atoms with van der Waals surface area (Å²) in [5.41, 5.74) is -7.30. The molecule has 0 aliphatic rings. The molecule has 13 nitrogen and oxygen atoms in total. The van der Waals surface area contributed by atoms with Crippen LogP contribution in [0.25, 0.3) is 21.1 Å². The van der Waals surface area contributed by atoms with Crippen LogP contribution in [0.1, 0.15) is 22.5 Å². The van der Waals surface area contributed by atoms with Crippen LogP contribution in [-0.4, -0.2) is 55.2 Å². The number of hydrogen-bond donors (Lipinski definition) is 2. The Morgan fingerprint density at radius 3 is 1.44 bits per heavy atom. The predicted molar refractivity (Wildman–Crippen MR) is 213 cm³/mol. The maximum Gasteiger partial charge on any atom is 0.474 e. The van der Waals surface area contributed by atoms with Gasteiger partial charge in [-0.2, -0.15) is 39.5 Å². The van der Waals surface area contributed by atoms with Crippen molar-refractivity contribution in [1.82, 2.24) is 39.5 Å². The smallest absolute Gasteiger partial charge is 0.363 e. The van der Waals surface area contributed by atoms with Gasteiger partial charge in [-0.3, -0.25) is 19.9 Å². The zero-order chi connectivity index (χ0) is 46.4. The molecule has 0 saturated carbocycles. The summed E-state index contributed by atoms with van der Waals surface area (Å²) in [4.78, 5) is 21.0. The van der Waals surface area contributed by atoms with Gasteiger partial charge in [0.25, 0.3) is 0 Å². The fourth-order valence-electron chi connectivity index (χ4n) is 5.09. The average molecular weight is 1010 g/mol. The molecule has 1 unspecified atom stereocenters. The number of benzene rings is 2. The molecular weight excluding hydrogens is 988 g/mol. The highest BCUT2D eigenvalue weighted by Crippen LogP contribution is 2.45. The molecule has 1 atom stereocenters. The molecule has 6 aromatic rings. The maximum atomic E-state index is 13.3. The number of rotatable bonds is 11. The van der Waals surface area contributed by atoms with E-state index in [2.05, 4.69) is 50.5 Å². The second kappa shape index (κ2) is 19.9. The Morgan fingerprint density at radius 2 is 1.08 bits per heavy atom. The number of nitrogens with one attached hydrogen (secondary N) is 2. The molecule has 0 aliphatic carbocycles.